The minimum absolute atomic E-state index is 0.0925. The summed E-state index contributed by atoms with van der Waals surface area (Å²) in [6.45, 7) is 0.781. The van der Waals surface area contributed by atoms with Crippen LogP contribution in [-0.2, 0) is 4.74 Å². The van der Waals surface area contributed by atoms with Gasteiger partial charge in [-0.05, 0) is 36.4 Å². The normalized spacial score (nSPS) is 14.3. The van der Waals surface area contributed by atoms with Crippen molar-refractivity contribution < 1.29 is 14.3 Å². The number of carbonyl (C=O) groups is 2. The number of nitrogen functional groups attached to an aromatic ring is 1. The minimum atomic E-state index is -0.467. The maximum absolute atomic E-state index is 12.2. The molecule has 1 fully saturated rings. The lowest BCUT2D eigenvalue weighted by atomic mass is 10.1. The average Bonchev–Trinajstić information content (AvgIpc) is 2.51. The van der Waals surface area contributed by atoms with Gasteiger partial charge in [0.1, 0.15) is 11.8 Å². The number of nitrogens with zero attached hydrogens (tertiary/aromatic N) is 2. The first kappa shape index (κ1) is 14.1. The molecule has 1 amide bonds. The Kier molecular flexibility index (Phi) is 3.74. The van der Waals surface area contributed by atoms with Gasteiger partial charge in [0.05, 0.1) is 13.1 Å². The smallest absolute Gasteiger partial charge is 0.357 e. The third kappa shape index (κ3) is 2.90. The Labute approximate surface area is 127 Å². The second kappa shape index (κ2) is 5.85. The molecule has 0 bridgehead atoms. The molecule has 0 radical (unpaired) electrons. The zero-order valence-electron chi connectivity index (χ0n) is 11.8. The zero-order valence-corrected chi connectivity index (χ0v) is 11.8. The first-order valence-electron chi connectivity index (χ1n) is 6.90. The number of likely N-dealkylation sites (tertiary alicyclic amines) is 1. The highest BCUT2D eigenvalue weighted by Gasteiger charge is 2.34. The van der Waals surface area contributed by atoms with Crippen LogP contribution < -0.4 is 5.73 Å². The fourth-order valence-corrected chi connectivity index (χ4v) is 2.18. The molecule has 1 aromatic heterocycles. The topological polar surface area (TPSA) is 85.5 Å². The van der Waals surface area contributed by atoms with E-state index < -0.39 is 5.97 Å². The molecule has 1 aliphatic rings. The Bertz CT molecular complexity index is 680. The number of amides is 1. The molecule has 6 heteroatoms. The first-order valence-corrected chi connectivity index (χ1v) is 6.90. The summed E-state index contributed by atoms with van der Waals surface area (Å²) in [6.07, 6.45) is 1.25. The summed E-state index contributed by atoms with van der Waals surface area (Å²) in [7, 11) is 0. The second-order valence-electron chi connectivity index (χ2n) is 5.07. The largest absolute Gasteiger partial charge is 0.454 e. The molecule has 6 nitrogen and oxygen atoms in total. The van der Waals surface area contributed by atoms with E-state index in [9.17, 15) is 9.59 Å². The summed E-state index contributed by atoms with van der Waals surface area (Å²) in [5, 5.41) is 0. The van der Waals surface area contributed by atoms with Crippen LogP contribution in [0, 0.1) is 0 Å². The molecule has 1 saturated heterocycles. The van der Waals surface area contributed by atoms with Crippen molar-refractivity contribution in [1.29, 1.82) is 0 Å². The number of pyridine rings is 1. The van der Waals surface area contributed by atoms with E-state index in [4.69, 9.17) is 10.5 Å². The number of ether oxygens (including phenoxy) is 1. The number of hydrogen-bond donors (Lipinski definition) is 1. The van der Waals surface area contributed by atoms with Gasteiger partial charge in [-0.25, -0.2) is 9.78 Å². The van der Waals surface area contributed by atoms with Crippen molar-refractivity contribution in [1.82, 2.24) is 9.88 Å². The van der Waals surface area contributed by atoms with E-state index in [0.717, 1.165) is 0 Å². The highest BCUT2D eigenvalue weighted by molar-refractivity contribution is 5.95. The van der Waals surface area contributed by atoms with Gasteiger partial charge in [-0.2, -0.15) is 0 Å². The van der Waals surface area contributed by atoms with Gasteiger partial charge in [-0.3, -0.25) is 4.79 Å². The summed E-state index contributed by atoms with van der Waals surface area (Å²) in [5.74, 6) is -0.560. The van der Waals surface area contributed by atoms with Crippen LogP contribution in [-0.4, -0.2) is 41.0 Å². The van der Waals surface area contributed by atoms with E-state index in [0.29, 0.717) is 24.3 Å². The lowest BCUT2D eigenvalue weighted by Gasteiger charge is -2.38. The lowest BCUT2D eigenvalue weighted by Crippen LogP contribution is -2.55. The Morgan fingerprint density at radius 3 is 2.50 bits per heavy atom. The summed E-state index contributed by atoms with van der Waals surface area (Å²) < 4.78 is 5.29. The van der Waals surface area contributed by atoms with Crippen LogP contribution in [0.5, 0.6) is 0 Å². The third-order valence-corrected chi connectivity index (χ3v) is 3.44. The Morgan fingerprint density at radius 1 is 1.14 bits per heavy atom. The number of esters is 1. The molecule has 0 unspecified atom stereocenters. The van der Waals surface area contributed by atoms with Crippen LogP contribution in [0.2, 0.25) is 0 Å². The van der Waals surface area contributed by atoms with Crippen molar-refractivity contribution in [3.05, 3.63) is 59.9 Å². The minimum Gasteiger partial charge on any atom is -0.454 e. The Hall–Kier alpha value is -2.89. The van der Waals surface area contributed by atoms with Crippen molar-refractivity contribution in [2.75, 3.05) is 18.8 Å². The van der Waals surface area contributed by atoms with Gasteiger partial charge < -0.3 is 15.4 Å². The van der Waals surface area contributed by atoms with Crippen LogP contribution in [0.15, 0.2) is 48.7 Å². The number of hydrogen-bond acceptors (Lipinski definition) is 5. The molecular weight excluding hydrogens is 282 g/mol. The monoisotopic (exact) mass is 297 g/mol. The maximum Gasteiger partial charge on any atom is 0.357 e. The number of rotatable bonds is 3. The third-order valence-electron chi connectivity index (χ3n) is 3.44. The van der Waals surface area contributed by atoms with Gasteiger partial charge in [-0.15, -0.1) is 0 Å². The molecule has 2 heterocycles. The second-order valence-corrected chi connectivity index (χ2v) is 5.07. The molecule has 22 heavy (non-hydrogen) atoms. The molecule has 0 saturated carbocycles. The number of benzene rings is 1. The fourth-order valence-electron chi connectivity index (χ4n) is 2.18. The Balaban J connectivity index is 1.53. The number of carbonyl (C=O) groups excluding carboxylic acids is 2. The molecule has 1 aromatic carbocycles. The van der Waals surface area contributed by atoms with Crippen LogP contribution in [0.4, 0.5) is 5.69 Å². The molecule has 1 aliphatic heterocycles. The van der Waals surface area contributed by atoms with Gasteiger partial charge in [0, 0.05) is 17.4 Å². The maximum atomic E-state index is 12.2. The summed E-state index contributed by atoms with van der Waals surface area (Å²) in [4.78, 5) is 29.6. The zero-order chi connectivity index (χ0) is 15.5. The SMILES string of the molecule is Nc1ccc(C(=O)N2CC(OC(=O)c3ccccn3)C2)cc1. The van der Waals surface area contributed by atoms with E-state index in [2.05, 4.69) is 4.98 Å². The van der Waals surface area contributed by atoms with E-state index >= 15 is 0 Å². The van der Waals surface area contributed by atoms with E-state index in [1.807, 2.05) is 0 Å². The standard InChI is InChI=1S/C16H15N3O3/c17-12-6-4-11(5-7-12)15(20)19-9-13(10-19)22-16(21)14-3-1-2-8-18-14/h1-8,13H,9-10,17H2. The van der Waals surface area contributed by atoms with Crippen LogP contribution in [0.1, 0.15) is 20.8 Å². The molecule has 0 aliphatic carbocycles. The van der Waals surface area contributed by atoms with E-state index in [-0.39, 0.29) is 17.7 Å². The van der Waals surface area contributed by atoms with Crippen LogP contribution in [0.3, 0.4) is 0 Å². The quantitative estimate of drug-likeness (QED) is 0.682. The molecular formula is C16H15N3O3. The van der Waals surface area contributed by atoms with Crippen molar-refractivity contribution in [3.63, 3.8) is 0 Å². The summed E-state index contributed by atoms with van der Waals surface area (Å²) in [5.41, 5.74) is 7.05. The Morgan fingerprint density at radius 2 is 1.86 bits per heavy atom. The van der Waals surface area contributed by atoms with E-state index in [1.165, 1.54) is 6.20 Å². The average molecular weight is 297 g/mol. The molecule has 3 rings (SSSR count). The molecule has 2 N–H and O–H groups in total. The fraction of sp³-hybridized carbons (Fsp3) is 0.188. The highest BCUT2D eigenvalue weighted by Crippen LogP contribution is 2.17. The molecule has 0 spiro atoms. The van der Waals surface area contributed by atoms with E-state index in [1.54, 1.807) is 47.4 Å². The van der Waals surface area contributed by atoms with Gasteiger partial charge in [0.2, 0.25) is 0 Å². The molecule has 0 atom stereocenters. The molecule has 112 valence electrons. The van der Waals surface area contributed by atoms with Crippen molar-refractivity contribution >= 4 is 17.6 Å². The van der Waals surface area contributed by atoms with Gasteiger partial charge >= 0.3 is 5.97 Å². The lowest BCUT2D eigenvalue weighted by molar-refractivity contribution is -0.0238. The van der Waals surface area contributed by atoms with Crippen LogP contribution in [0.25, 0.3) is 0 Å². The van der Waals surface area contributed by atoms with Crippen molar-refractivity contribution in [2.24, 2.45) is 0 Å². The highest BCUT2D eigenvalue weighted by atomic mass is 16.5. The van der Waals surface area contributed by atoms with Gasteiger partial charge in [0.25, 0.3) is 5.91 Å². The number of nitrogens with two attached hydrogens (primary N) is 1. The predicted octanol–water partition coefficient (Wildman–Crippen LogP) is 1.35. The van der Waals surface area contributed by atoms with Gasteiger partial charge in [-0.1, -0.05) is 6.07 Å². The summed E-state index contributed by atoms with van der Waals surface area (Å²) in [6, 6.07) is 11.8. The summed E-state index contributed by atoms with van der Waals surface area (Å²) >= 11 is 0. The van der Waals surface area contributed by atoms with Crippen LogP contribution >= 0.6 is 0 Å². The number of aromatic nitrogens is 1. The van der Waals surface area contributed by atoms with Gasteiger partial charge in [0.15, 0.2) is 0 Å². The molecule has 2 aromatic rings. The number of anilines is 1. The van der Waals surface area contributed by atoms with Crippen molar-refractivity contribution in [3.8, 4) is 0 Å². The first-order chi connectivity index (χ1) is 10.6. The predicted molar refractivity (Wildman–Crippen MR) is 80.2 cm³/mol. The van der Waals surface area contributed by atoms with Crippen molar-refractivity contribution in [2.45, 2.75) is 6.10 Å².